The summed E-state index contributed by atoms with van der Waals surface area (Å²) in [5.74, 6) is 2.75. The second-order valence-electron chi connectivity index (χ2n) is 10.3. The van der Waals surface area contributed by atoms with Gasteiger partial charge in [-0.25, -0.2) is 4.98 Å². The number of rotatable bonds is 14. The predicted molar refractivity (Wildman–Crippen MR) is 166 cm³/mol. The summed E-state index contributed by atoms with van der Waals surface area (Å²) in [5, 5.41) is 0.727. The molecule has 40 heavy (non-hydrogen) atoms. The first-order valence-electron chi connectivity index (χ1n) is 14.3. The Hall–Kier alpha value is -3.28. The first-order chi connectivity index (χ1) is 19.5. The molecule has 0 radical (unpaired) electrons. The Kier molecular flexibility index (Phi) is 10.7. The molecular formula is C34H42ClN3O2. The molecule has 0 saturated carbocycles. The Morgan fingerprint density at radius 3 is 2.20 bits per heavy atom. The van der Waals surface area contributed by atoms with Gasteiger partial charge in [-0.05, 0) is 44.5 Å². The van der Waals surface area contributed by atoms with Crippen LogP contribution >= 0.6 is 11.6 Å². The van der Waals surface area contributed by atoms with Gasteiger partial charge in [0.25, 0.3) is 0 Å². The highest BCUT2D eigenvalue weighted by Gasteiger charge is 2.23. The molecule has 3 aromatic carbocycles. The van der Waals surface area contributed by atoms with Crippen LogP contribution in [-0.4, -0.2) is 35.2 Å². The van der Waals surface area contributed by atoms with Crippen LogP contribution in [0.5, 0.6) is 11.5 Å². The van der Waals surface area contributed by atoms with Crippen LogP contribution in [0.1, 0.15) is 56.4 Å². The minimum Gasteiger partial charge on any atom is -0.496 e. The summed E-state index contributed by atoms with van der Waals surface area (Å²) in [6.45, 7) is 9.98. The first-order valence-corrected chi connectivity index (χ1v) is 14.7. The largest absolute Gasteiger partial charge is 0.496 e. The first kappa shape index (κ1) is 29.7. The molecule has 0 aliphatic heterocycles. The molecule has 4 rings (SSSR count). The molecule has 0 saturated heterocycles. The monoisotopic (exact) mass is 559 g/mol. The molecule has 5 nitrogen and oxygen atoms in total. The van der Waals surface area contributed by atoms with Gasteiger partial charge in [0.2, 0.25) is 0 Å². The molecule has 0 N–H and O–H groups in total. The van der Waals surface area contributed by atoms with Gasteiger partial charge < -0.3 is 14.0 Å². The second-order valence-corrected chi connectivity index (χ2v) is 10.7. The number of halogens is 1. The van der Waals surface area contributed by atoms with E-state index in [4.69, 9.17) is 26.1 Å². The van der Waals surface area contributed by atoms with E-state index in [2.05, 4.69) is 78.8 Å². The van der Waals surface area contributed by atoms with Crippen LogP contribution in [0, 0.1) is 6.92 Å². The Morgan fingerprint density at radius 2 is 1.55 bits per heavy atom. The van der Waals surface area contributed by atoms with Gasteiger partial charge in [-0.1, -0.05) is 86.8 Å². The highest BCUT2D eigenvalue weighted by atomic mass is 35.5. The quantitative estimate of drug-likeness (QED) is 0.155. The van der Waals surface area contributed by atoms with E-state index in [1.165, 1.54) is 5.69 Å². The number of hydrogen-bond acceptors (Lipinski definition) is 4. The van der Waals surface area contributed by atoms with Gasteiger partial charge in [-0.15, -0.1) is 0 Å². The van der Waals surface area contributed by atoms with E-state index in [0.29, 0.717) is 0 Å². The predicted octanol–water partition coefficient (Wildman–Crippen LogP) is 8.80. The van der Waals surface area contributed by atoms with Crippen LogP contribution in [0.25, 0.3) is 22.6 Å². The fourth-order valence-electron chi connectivity index (χ4n) is 5.26. The molecular weight excluding hydrogens is 518 g/mol. The Labute approximate surface area is 244 Å². The number of ether oxygens (including phenoxy) is 2. The number of imidazole rings is 1. The maximum absolute atomic E-state index is 6.28. The van der Waals surface area contributed by atoms with E-state index in [9.17, 15) is 0 Å². The maximum atomic E-state index is 6.28. The summed E-state index contributed by atoms with van der Waals surface area (Å²) in [6, 6.07) is 22.8. The van der Waals surface area contributed by atoms with Gasteiger partial charge in [-0.3, -0.25) is 4.90 Å². The standard InChI is InChI=1S/C34H42ClN3O2/c1-6-8-21-37(23-28-17-20-31(39-4)25(3)33(28)40-5)24-30-32(26-15-18-29(35)19-16-26)36-34(38(30)22-9-7-2)27-13-11-10-12-14-27/h10-20H,6-9,21-24H2,1-5H3. The van der Waals surface area contributed by atoms with E-state index in [-0.39, 0.29) is 0 Å². The summed E-state index contributed by atoms with van der Waals surface area (Å²) in [5.41, 5.74) is 6.65. The summed E-state index contributed by atoms with van der Waals surface area (Å²) >= 11 is 6.28. The van der Waals surface area contributed by atoms with Crippen molar-refractivity contribution in [2.45, 2.75) is 66.1 Å². The molecule has 0 unspecified atom stereocenters. The third-order valence-electron chi connectivity index (χ3n) is 7.41. The van der Waals surface area contributed by atoms with Crippen LogP contribution in [0.3, 0.4) is 0 Å². The van der Waals surface area contributed by atoms with Gasteiger partial charge in [-0.2, -0.15) is 0 Å². The average molecular weight is 560 g/mol. The molecule has 0 fully saturated rings. The van der Waals surface area contributed by atoms with Crippen molar-refractivity contribution in [2.24, 2.45) is 0 Å². The number of nitrogens with zero attached hydrogens (tertiary/aromatic N) is 3. The number of methoxy groups -OCH3 is 2. The highest BCUT2D eigenvalue weighted by molar-refractivity contribution is 6.30. The van der Waals surface area contributed by atoms with Crippen molar-refractivity contribution in [3.8, 4) is 34.1 Å². The summed E-state index contributed by atoms with van der Waals surface area (Å²) in [4.78, 5) is 7.82. The van der Waals surface area contributed by atoms with E-state index >= 15 is 0 Å². The van der Waals surface area contributed by atoms with Crippen molar-refractivity contribution in [3.63, 3.8) is 0 Å². The van der Waals surface area contributed by atoms with Gasteiger partial charge in [0.15, 0.2) is 0 Å². The average Bonchev–Trinajstić information content (AvgIpc) is 3.33. The van der Waals surface area contributed by atoms with Crippen LogP contribution in [0.4, 0.5) is 0 Å². The molecule has 0 bridgehead atoms. The van der Waals surface area contributed by atoms with Crippen LogP contribution in [-0.2, 0) is 19.6 Å². The van der Waals surface area contributed by atoms with Crippen molar-refractivity contribution in [2.75, 3.05) is 20.8 Å². The molecule has 0 spiro atoms. The molecule has 6 heteroatoms. The summed E-state index contributed by atoms with van der Waals surface area (Å²) in [6.07, 6.45) is 4.44. The maximum Gasteiger partial charge on any atom is 0.140 e. The molecule has 1 aromatic heterocycles. The van der Waals surface area contributed by atoms with Gasteiger partial charge in [0.05, 0.1) is 25.6 Å². The molecule has 0 aliphatic rings. The molecule has 0 aliphatic carbocycles. The van der Waals surface area contributed by atoms with Crippen molar-refractivity contribution >= 4 is 11.6 Å². The molecule has 4 aromatic rings. The molecule has 0 atom stereocenters. The van der Waals surface area contributed by atoms with Gasteiger partial charge >= 0.3 is 0 Å². The topological polar surface area (TPSA) is 39.5 Å². The molecule has 1 heterocycles. The van der Waals surface area contributed by atoms with Crippen molar-refractivity contribution in [1.29, 1.82) is 0 Å². The SMILES string of the molecule is CCCCN(Cc1ccc(OC)c(C)c1OC)Cc1c(-c2ccc(Cl)cc2)nc(-c2ccccc2)n1CCCC. The summed E-state index contributed by atoms with van der Waals surface area (Å²) in [7, 11) is 3.45. The summed E-state index contributed by atoms with van der Waals surface area (Å²) < 4.78 is 13.9. The lowest BCUT2D eigenvalue weighted by molar-refractivity contribution is 0.242. The number of aromatic nitrogens is 2. The van der Waals surface area contributed by atoms with Crippen LogP contribution < -0.4 is 9.47 Å². The number of benzene rings is 3. The van der Waals surface area contributed by atoms with E-state index < -0.39 is 0 Å². The fourth-order valence-corrected chi connectivity index (χ4v) is 5.38. The van der Waals surface area contributed by atoms with Crippen molar-refractivity contribution in [3.05, 3.63) is 88.6 Å². The normalized spacial score (nSPS) is 11.3. The third kappa shape index (κ3) is 6.89. The van der Waals surface area contributed by atoms with Crippen LogP contribution in [0.2, 0.25) is 5.02 Å². The van der Waals surface area contributed by atoms with Crippen molar-refractivity contribution in [1.82, 2.24) is 14.5 Å². The van der Waals surface area contributed by atoms with Gasteiger partial charge in [0, 0.05) is 46.9 Å². The molecule has 212 valence electrons. The van der Waals surface area contributed by atoms with Gasteiger partial charge in [0.1, 0.15) is 17.3 Å². The fraction of sp³-hybridized carbons (Fsp3) is 0.382. The second kappa shape index (κ2) is 14.4. The zero-order valence-corrected chi connectivity index (χ0v) is 25.3. The Balaban J connectivity index is 1.82. The minimum atomic E-state index is 0.727. The number of hydrogen-bond donors (Lipinski definition) is 0. The van der Waals surface area contributed by atoms with E-state index in [1.807, 2.05) is 18.2 Å². The zero-order chi connectivity index (χ0) is 28.5. The van der Waals surface area contributed by atoms with E-state index in [0.717, 1.165) is 102 Å². The van der Waals surface area contributed by atoms with Crippen LogP contribution in [0.15, 0.2) is 66.7 Å². The zero-order valence-electron chi connectivity index (χ0n) is 24.5. The lowest BCUT2D eigenvalue weighted by Crippen LogP contribution is -2.26. The Morgan fingerprint density at radius 1 is 0.825 bits per heavy atom. The van der Waals surface area contributed by atoms with E-state index in [1.54, 1.807) is 14.2 Å². The molecule has 0 amide bonds. The highest BCUT2D eigenvalue weighted by Crippen LogP contribution is 2.35. The minimum absolute atomic E-state index is 0.727. The lowest BCUT2D eigenvalue weighted by Gasteiger charge is -2.26. The number of unbranched alkanes of at least 4 members (excludes halogenated alkanes) is 2. The smallest absolute Gasteiger partial charge is 0.140 e. The van der Waals surface area contributed by atoms with Crippen molar-refractivity contribution < 1.29 is 9.47 Å². The third-order valence-corrected chi connectivity index (χ3v) is 7.67. The lowest BCUT2D eigenvalue weighted by atomic mass is 10.1. The Bertz CT molecular complexity index is 1370.